The summed E-state index contributed by atoms with van der Waals surface area (Å²) in [5.74, 6) is -0.516. The minimum Gasteiger partial charge on any atom is -0.331 e. The first-order valence-electron chi connectivity index (χ1n) is 12.5. The first-order chi connectivity index (χ1) is 18.2. The second-order valence-corrected chi connectivity index (χ2v) is 10.2. The molecule has 0 aliphatic carbocycles. The molecule has 0 saturated carbocycles. The molecule has 0 unspecified atom stereocenters. The molecule has 0 radical (unpaired) electrons. The molecule has 1 aromatic heterocycles. The van der Waals surface area contributed by atoms with Gasteiger partial charge in [-0.1, -0.05) is 23.7 Å². The third-order valence-electron chi connectivity index (χ3n) is 7.25. The number of benzene rings is 2. The molecule has 38 heavy (non-hydrogen) atoms. The van der Waals surface area contributed by atoms with Crippen molar-refractivity contribution in [2.45, 2.75) is 52.4 Å². The van der Waals surface area contributed by atoms with Gasteiger partial charge in [0.25, 0.3) is 11.8 Å². The van der Waals surface area contributed by atoms with Crippen LogP contribution in [0.3, 0.4) is 0 Å². The lowest BCUT2D eigenvalue weighted by atomic mass is 9.97. The number of hydrogen-bond acceptors (Lipinski definition) is 5. The molecule has 10 heteroatoms. The number of hydrogen-bond donors (Lipinski definition) is 1. The number of nitriles is 1. The molecular weight excluding hydrogens is 504 g/mol. The fraction of sp³-hybridized carbons (Fsp3) is 0.321. The topological polar surface area (TPSA) is 111 Å². The van der Waals surface area contributed by atoms with Crippen molar-refractivity contribution in [1.82, 2.24) is 19.6 Å². The summed E-state index contributed by atoms with van der Waals surface area (Å²) >= 11 is 6.06. The minimum atomic E-state index is -0.228. The summed E-state index contributed by atoms with van der Waals surface area (Å²) in [6.45, 7) is 6.68. The van der Waals surface area contributed by atoms with E-state index in [9.17, 15) is 19.6 Å². The van der Waals surface area contributed by atoms with Gasteiger partial charge in [0.1, 0.15) is 11.8 Å². The molecule has 2 aliphatic heterocycles. The zero-order valence-electron chi connectivity index (χ0n) is 21.4. The molecule has 2 atom stereocenters. The summed E-state index contributed by atoms with van der Waals surface area (Å²) in [7, 11) is 0. The summed E-state index contributed by atoms with van der Waals surface area (Å²) in [4.78, 5) is 42.3. The summed E-state index contributed by atoms with van der Waals surface area (Å²) in [6.07, 6.45) is 0.529. The van der Waals surface area contributed by atoms with Gasteiger partial charge in [-0.3, -0.25) is 19.1 Å². The number of carbonyl (C=O) groups excluding carboxylic acids is 3. The monoisotopic (exact) mass is 530 g/mol. The fourth-order valence-corrected chi connectivity index (χ4v) is 5.41. The Kier molecular flexibility index (Phi) is 6.67. The molecule has 1 N–H and O–H groups in total. The van der Waals surface area contributed by atoms with E-state index in [1.807, 2.05) is 49.1 Å². The molecule has 0 fully saturated rings. The molecule has 5 rings (SSSR count). The minimum absolute atomic E-state index is 0.130. The number of fused-ring (bicyclic) bond motifs is 3. The Balaban J connectivity index is 1.42. The van der Waals surface area contributed by atoms with Crippen LogP contribution in [-0.4, -0.2) is 49.9 Å². The molecule has 3 amide bonds. The lowest BCUT2D eigenvalue weighted by molar-refractivity contribution is -0.114. The van der Waals surface area contributed by atoms with Crippen molar-refractivity contribution < 1.29 is 14.4 Å². The molecule has 0 saturated heterocycles. The highest BCUT2D eigenvalue weighted by Crippen LogP contribution is 2.33. The Morgan fingerprint density at radius 3 is 2.74 bits per heavy atom. The Hall–Kier alpha value is -4.16. The zero-order chi connectivity index (χ0) is 27.1. The van der Waals surface area contributed by atoms with Crippen LogP contribution >= 0.6 is 11.6 Å². The number of amides is 3. The van der Waals surface area contributed by atoms with Gasteiger partial charge in [-0.15, -0.1) is 0 Å². The summed E-state index contributed by atoms with van der Waals surface area (Å²) in [5.41, 5.74) is 4.32. The van der Waals surface area contributed by atoms with E-state index in [-0.39, 0.29) is 41.9 Å². The molecule has 3 aromatic rings. The van der Waals surface area contributed by atoms with Crippen LogP contribution in [0.5, 0.6) is 0 Å². The number of anilines is 1. The fourth-order valence-electron chi connectivity index (χ4n) is 5.25. The highest BCUT2D eigenvalue weighted by atomic mass is 35.5. The van der Waals surface area contributed by atoms with E-state index >= 15 is 0 Å². The van der Waals surface area contributed by atoms with Crippen molar-refractivity contribution in [2.75, 3.05) is 11.9 Å². The number of halogens is 1. The van der Waals surface area contributed by atoms with Gasteiger partial charge in [-0.2, -0.15) is 10.4 Å². The van der Waals surface area contributed by atoms with Gasteiger partial charge in [0.2, 0.25) is 5.91 Å². The van der Waals surface area contributed by atoms with Gasteiger partial charge in [-0.05, 0) is 49.7 Å². The average Bonchev–Trinajstić information content (AvgIpc) is 3.25. The van der Waals surface area contributed by atoms with E-state index in [0.29, 0.717) is 41.5 Å². The first-order valence-corrected chi connectivity index (χ1v) is 12.8. The molecule has 0 bridgehead atoms. The predicted molar refractivity (Wildman–Crippen MR) is 142 cm³/mol. The van der Waals surface area contributed by atoms with Crippen molar-refractivity contribution in [3.8, 4) is 6.07 Å². The molecular formula is C28H27ClN6O3. The number of carbonyl (C=O) groups is 3. The van der Waals surface area contributed by atoms with Crippen molar-refractivity contribution in [3.05, 3.63) is 81.1 Å². The van der Waals surface area contributed by atoms with Gasteiger partial charge in [0.05, 0.1) is 35.4 Å². The summed E-state index contributed by atoms with van der Waals surface area (Å²) < 4.78 is 1.76. The maximum atomic E-state index is 13.8. The van der Waals surface area contributed by atoms with E-state index in [1.54, 1.807) is 21.7 Å². The van der Waals surface area contributed by atoms with Crippen LogP contribution in [0.15, 0.2) is 42.5 Å². The van der Waals surface area contributed by atoms with Gasteiger partial charge < -0.3 is 15.1 Å². The van der Waals surface area contributed by atoms with Crippen LogP contribution in [0.25, 0.3) is 0 Å². The third-order valence-corrected chi connectivity index (χ3v) is 7.58. The lowest BCUT2D eigenvalue weighted by Crippen LogP contribution is -2.44. The Labute approximate surface area is 225 Å². The standard InChI is InChI=1S/C28H27ClN6O3/c1-16-11-25-23(15-34(16)27(37)20-7-8-24(29)21(12-20)14-30)26-28(38)33(9-10-35(26)32-25)17(2)19-5-4-6-22(13-19)31-18(3)36/h4-8,12-13,16-17H,9-11,15H2,1-3H3,(H,31,36)/t16-,17+/m1/s1. The number of aromatic nitrogens is 2. The molecule has 9 nitrogen and oxygen atoms in total. The van der Waals surface area contributed by atoms with Crippen LogP contribution in [-0.2, 0) is 24.3 Å². The Bertz CT molecular complexity index is 1510. The van der Waals surface area contributed by atoms with Crippen molar-refractivity contribution in [3.63, 3.8) is 0 Å². The highest BCUT2D eigenvalue weighted by Gasteiger charge is 2.38. The SMILES string of the molecule is CC(=O)Nc1cccc([C@H](C)N2CCn3nc4c(c3C2=O)CN(C(=O)c2ccc(Cl)c(C#N)c2)[C@H](C)C4)c1. The second-order valence-electron chi connectivity index (χ2n) is 9.77. The van der Waals surface area contributed by atoms with Crippen LogP contribution in [0.1, 0.15) is 70.0 Å². The van der Waals surface area contributed by atoms with Gasteiger partial charge in [0.15, 0.2) is 0 Å². The number of nitrogens with one attached hydrogen (secondary N) is 1. The smallest absolute Gasteiger partial charge is 0.273 e. The van der Waals surface area contributed by atoms with E-state index < -0.39 is 0 Å². The second kappa shape index (κ2) is 9.95. The van der Waals surface area contributed by atoms with Gasteiger partial charge in [0, 0.05) is 42.7 Å². The summed E-state index contributed by atoms with van der Waals surface area (Å²) in [5, 5.41) is 17.1. The van der Waals surface area contributed by atoms with Gasteiger partial charge in [-0.25, -0.2) is 0 Å². The van der Waals surface area contributed by atoms with Gasteiger partial charge >= 0.3 is 0 Å². The summed E-state index contributed by atoms with van der Waals surface area (Å²) in [6, 6.07) is 13.8. The van der Waals surface area contributed by atoms with Crippen LogP contribution < -0.4 is 5.32 Å². The lowest BCUT2D eigenvalue weighted by Gasteiger charge is -2.35. The molecule has 2 aromatic carbocycles. The number of nitrogens with zero attached hydrogens (tertiary/aromatic N) is 5. The average molecular weight is 531 g/mol. The van der Waals surface area contributed by atoms with Crippen molar-refractivity contribution in [1.29, 1.82) is 5.26 Å². The van der Waals surface area contributed by atoms with E-state index in [2.05, 4.69) is 5.32 Å². The number of rotatable bonds is 4. The van der Waals surface area contributed by atoms with E-state index in [4.69, 9.17) is 16.7 Å². The normalized spacial score (nSPS) is 17.3. The first kappa shape index (κ1) is 25.5. The van der Waals surface area contributed by atoms with Crippen molar-refractivity contribution >= 4 is 35.0 Å². The Morgan fingerprint density at radius 2 is 2.00 bits per heavy atom. The molecule has 0 spiro atoms. The third kappa shape index (κ3) is 4.52. The maximum absolute atomic E-state index is 13.8. The highest BCUT2D eigenvalue weighted by molar-refractivity contribution is 6.31. The largest absolute Gasteiger partial charge is 0.331 e. The van der Waals surface area contributed by atoms with E-state index in [1.165, 1.54) is 13.0 Å². The quantitative estimate of drug-likeness (QED) is 0.544. The Morgan fingerprint density at radius 1 is 1.21 bits per heavy atom. The maximum Gasteiger partial charge on any atom is 0.273 e. The molecule has 194 valence electrons. The molecule has 2 aliphatic rings. The van der Waals surface area contributed by atoms with Crippen molar-refractivity contribution in [2.24, 2.45) is 0 Å². The predicted octanol–water partition coefficient (Wildman–Crippen LogP) is 4.17. The van der Waals surface area contributed by atoms with Crippen LogP contribution in [0.2, 0.25) is 5.02 Å². The molecule has 3 heterocycles. The zero-order valence-corrected chi connectivity index (χ0v) is 22.1. The van der Waals surface area contributed by atoms with Crippen LogP contribution in [0, 0.1) is 11.3 Å². The van der Waals surface area contributed by atoms with Crippen LogP contribution in [0.4, 0.5) is 5.69 Å². The van der Waals surface area contributed by atoms with E-state index in [0.717, 1.165) is 16.8 Å².